The summed E-state index contributed by atoms with van der Waals surface area (Å²) in [6.07, 6.45) is 3.08. The van der Waals surface area contributed by atoms with Crippen LogP contribution < -0.4 is 15.4 Å². The van der Waals surface area contributed by atoms with Gasteiger partial charge in [-0.15, -0.1) is 24.0 Å². The molecule has 0 aromatic heterocycles. The van der Waals surface area contributed by atoms with Crippen molar-refractivity contribution in [2.24, 2.45) is 4.99 Å². The zero-order chi connectivity index (χ0) is 17.3. The van der Waals surface area contributed by atoms with Gasteiger partial charge in [0.1, 0.15) is 0 Å². The molecule has 1 atom stereocenters. The van der Waals surface area contributed by atoms with E-state index in [1.54, 1.807) is 0 Å². The van der Waals surface area contributed by atoms with Crippen molar-refractivity contribution in [2.45, 2.75) is 58.6 Å². The lowest BCUT2D eigenvalue weighted by atomic mass is 10.1. The fourth-order valence-electron chi connectivity index (χ4n) is 2.20. The standard InChI is InChI=1S/C15H32N4O3S.HI/c1-5-16-14(19-15(2,3)4)17-9-11-23(20,21)18-12-13-8-6-7-10-22-13;/h13,18H,5-12H2,1-4H3,(H2,16,17,19);1H. The molecule has 1 aliphatic heterocycles. The number of guanidine groups is 1. The van der Waals surface area contributed by atoms with Gasteiger partial charge in [0.2, 0.25) is 10.0 Å². The molecule has 0 bridgehead atoms. The van der Waals surface area contributed by atoms with Gasteiger partial charge in [0.25, 0.3) is 0 Å². The number of hydrogen-bond acceptors (Lipinski definition) is 4. The van der Waals surface area contributed by atoms with E-state index in [1.807, 2.05) is 27.7 Å². The quantitative estimate of drug-likeness (QED) is 0.294. The summed E-state index contributed by atoms with van der Waals surface area (Å²) in [5.41, 5.74) is -0.129. The molecule has 0 aromatic carbocycles. The van der Waals surface area contributed by atoms with Gasteiger partial charge in [0.05, 0.1) is 18.4 Å². The summed E-state index contributed by atoms with van der Waals surface area (Å²) < 4.78 is 32.2. The van der Waals surface area contributed by atoms with E-state index in [9.17, 15) is 8.42 Å². The molecule has 1 heterocycles. The van der Waals surface area contributed by atoms with E-state index in [1.165, 1.54) is 0 Å². The molecule has 1 saturated heterocycles. The van der Waals surface area contributed by atoms with Crippen LogP contribution in [-0.2, 0) is 14.8 Å². The number of nitrogens with one attached hydrogen (secondary N) is 3. The molecule has 9 heteroatoms. The third kappa shape index (κ3) is 11.4. The lowest BCUT2D eigenvalue weighted by Crippen LogP contribution is -2.47. The Hall–Kier alpha value is -0.130. The van der Waals surface area contributed by atoms with E-state index < -0.39 is 10.0 Å². The maximum atomic E-state index is 12.0. The van der Waals surface area contributed by atoms with Gasteiger partial charge in [-0.1, -0.05) is 0 Å². The number of sulfonamides is 1. The number of nitrogens with zero attached hydrogens (tertiary/aromatic N) is 1. The van der Waals surface area contributed by atoms with Crippen LogP contribution in [0.15, 0.2) is 4.99 Å². The highest BCUT2D eigenvalue weighted by Crippen LogP contribution is 2.11. The van der Waals surface area contributed by atoms with Gasteiger partial charge < -0.3 is 15.4 Å². The molecule has 3 N–H and O–H groups in total. The van der Waals surface area contributed by atoms with Crippen molar-refractivity contribution in [3.05, 3.63) is 0 Å². The van der Waals surface area contributed by atoms with Crippen LogP contribution in [0.2, 0.25) is 0 Å². The molecule has 7 nitrogen and oxygen atoms in total. The Morgan fingerprint density at radius 2 is 2.00 bits per heavy atom. The number of halogens is 1. The molecule has 1 rings (SSSR count). The Kier molecular flexibility index (Phi) is 11.4. The summed E-state index contributed by atoms with van der Waals surface area (Å²) in [6.45, 7) is 10.1. The second kappa shape index (κ2) is 11.5. The monoisotopic (exact) mass is 476 g/mol. The summed E-state index contributed by atoms with van der Waals surface area (Å²) in [7, 11) is -3.33. The van der Waals surface area contributed by atoms with Crippen LogP contribution in [0.5, 0.6) is 0 Å². The molecule has 1 fully saturated rings. The minimum Gasteiger partial charge on any atom is -0.377 e. The van der Waals surface area contributed by atoms with E-state index in [-0.39, 0.29) is 47.9 Å². The molecule has 0 aliphatic carbocycles. The summed E-state index contributed by atoms with van der Waals surface area (Å²) in [4.78, 5) is 4.32. The molecule has 0 spiro atoms. The lowest BCUT2D eigenvalue weighted by Gasteiger charge is -2.24. The van der Waals surface area contributed by atoms with E-state index >= 15 is 0 Å². The normalized spacial score (nSPS) is 19.5. The van der Waals surface area contributed by atoms with E-state index in [4.69, 9.17) is 4.74 Å². The number of ether oxygens (including phenoxy) is 1. The van der Waals surface area contributed by atoms with Crippen molar-refractivity contribution in [3.8, 4) is 0 Å². The van der Waals surface area contributed by atoms with E-state index in [0.29, 0.717) is 12.5 Å². The highest BCUT2D eigenvalue weighted by atomic mass is 127. The van der Waals surface area contributed by atoms with Crippen LogP contribution in [-0.4, -0.2) is 58.0 Å². The third-order valence-corrected chi connectivity index (χ3v) is 4.60. The molecular formula is C15H33IN4O3S. The number of rotatable bonds is 7. The van der Waals surface area contributed by atoms with Crippen LogP contribution in [0.4, 0.5) is 0 Å². The van der Waals surface area contributed by atoms with Gasteiger partial charge in [0.15, 0.2) is 5.96 Å². The highest BCUT2D eigenvalue weighted by Gasteiger charge is 2.18. The fourth-order valence-corrected chi connectivity index (χ4v) is 3.12. The topological polar surface area (TPSA) is 91.8 Å². The Bertz CT molecular complexity index is 472. The first-order valence-electron chi connectivity index (χ1n) is 8.37. The SMILES string of the molecule is CCNC(=NCCS(=O)(=O)NCC1CCCCO1)NC(C)(C)C.I. The Labute approximate surface area is 163 Å². The molecular weight excluding hydrogens is 443 g/mol. The second-order valence-corrected chi connectivity index (χ2v) is 8.72. The lowest BCUT2D eigenvalue weighted by molar-refractivity contribution is 0.0200. The fraction of sp³-hybridized carbons (Fsp3) is 0.933. The van der Waals surface area contributed by atoms with Crippen LogP contribution in [0, 0.1) is 0 Å². The zero-order valence-electron chi connectivity index (χ0n) is 15.2. The number of hydrogen-bond donors (Lipinski definition) is 3. The first-order valence-corrected chi connectivity index (χ1v) is 10.0. The maximum Gasteiger partial charge on any atom is 0.213 e. The molecule has 24 heavy (non-hydrogen) atoms. The van der Waals surface area contributed by atoms with Crippen LogP contribution >= 0.6 is 24.0 Å². The van der Waals surface area contributed by atoms with Gasteiger partial charge in [-0.3, -0.25) is 4.99 Å². The van der Waals surface area contributed by atoms with E-state index in [0.717, 1.165) is 32.4 Å². The van der Waals surface area contributed by atoms with Gasteiger partial charge in [0, 0.05) is 25.2 Å². The summed E-state index contributed by atoms with van der Waals surface area (Å²) >= 11 is 0. The van der Waals surface area contributed by atoms with E-state index in [2.05, 4.69) is 20.3 Å². The number of aliphatic imine (C=N–C) groups is 1. The maximum absolute atomic E-state index is 12.0. The van der Waals surface area contributed by atoms with Gasteiger partial charge in [-0.05, 0) is 47.0 Å². The van der Waals surface area contributed by atoms with Gasteiger partial charge >= 0.3 is 0 Å². The minimum atomic E-state index is -3.33. The van der Waals surface area contributed by atoms with Crippen molar-refractivity contribution in [1.29, 1.82) is 0 Å². The first kappa shape index (κ1) is 23.9. The van der Waals surface area contributed by atoms with Crippen LogP contribution in [0.1, 0.15) is 47.0 Å². The average Bonchev–Trinajstić information content (AvgIpc) is 2.45. The average molecular weight is 476 g/mol. The van der Waals surface area contributed by atoms with Crippen molar-refractivity contribution in [3.63, 3.8) is 0 Å². The molecule has 1 aliphatic rings. The molecule has 0 aromatic rings. The predicted molar refractivity (Wildman–Crippen MR) is 110 cm³/mol. The third-order valence-electron chi connectivity index (χ3n) is 3.27. The Balaban J connectivity index is 0.00000529. The van der Waals surface area contributed by atoms with Gasteiger partial charge in [-0.25, -0.2) is 13.1 Å². The second-order valence-electron chi connectivity index (χ2n) is 6.79. The minimum absolute atomic E-state index is 0. The molecule has 1 unspecified atom stereocenters. The molecule has 0 radical (unpaired) electrons. The molecule has 0 saturated carbocycles. The highest BCUT2D eigenvalue weighted by molar-refractivity contribution is 14.0. The van der Waals surface area contributed by atoms with Crippen molar-refractivity contribution in [1.82, 2.24) is 15.4 Å². The summed E-state index contributed by atoms with van der Waals surface area (Å²) in [5, 5.41) is 6.34. The van der Waals surface area contributed by atoms with Crippen LogP contribution in [0.25, 0.3) is 0 Å². The predicted octanol–water partition coefficient (Wildman–Crippen LogP) is 1.45. The first-order chi connectivity index (χ1) is 10.7. The smallest absolute Gasteiger partial charge is 0.213 e. The zero-order valence-corrected chi connectivity index (χ0v) is 18.4. The van der Waals surface area contributed by atoms with Crippen LogP contribution in [0.3, 0.4) is 0 Å². The van der Waals surface area contributed by atoms with Crippen molar-refractivity contribution < 1.29 is 13.2 Å². The van der Waals surface area contributed by atoms with Gasteiger partial charge in [-0.2, -0.15) is 0 Å². The Morgan fingerprint density at radius 3 is 2.54 bits per heavy atom. The van der Waals surface area contributed by atoms with Crippen molar-refractivity contribution >= 4 is 40.0 Å². The summed E-state index contributed by atoms with van der Waals surface area (Å²) in [5.74, 6) is 0.603. The molecule has 0 amide bonds. The Morgan fingerprint density at radius 1 is 1.29 bits per heavy atom. The summed E-state index contributed by atoms with van der Waals surface area (Å²) in [6, 6.07) is 0. The largest absolute Gasteiger partial charge is 0.377 e. The molecule has 144 valence electrons. The van der Waals surface area contributed by atoms with Crippen molar-refractivity contribution in [2.75, 3.05) is 32.0 Å².